The normalized spacial score (nSPS) is 26.1. The van der Waals surface area contributed by atoms with Gasteiger partial charge in [-0.3, -0.25) is 15.5 Å². The molecule has 10 heteroatoms. The van der Waals surface area contributed by atoms with Crippen LogP contribution >= 0.6 is 0 Å². The summed E-state index contributed by atoms with van der Waals surface area (Å²) in [6.45, 7) is 1.11. The number of benzene rings is 1. The highest BCUT2D eigenvalue weighted by Gasteiger charge is 2.34. The Morgan fingerprint density at radius 3 is 2.58 bits per heavy atom. The molecule has 1 saturated carbocycles. The summed E-state index contributed by atoms with van der Waals surface area (Å²) in [5.74, 6) is -0.889. The van der Waals surface area contributed by atoms with Crippen LogP contribution in [0.1, 0.15) is 37.7 Å². The van der Waals surface area contributed by atoms with Crippen LogP contribution in [0, 0.1) is 0 Å². The first-order valence-corrected chi connectivity index (χ1v) is 11.1. The molecule has 1 heterocycles. The van der Waals surface area contributed by atoms with E-state index in [2.05, 4.69) is 20.6 Å². The largest absolute Gasteiger partial charge is 0.508 e. The van der Waals surface area contributed by atoms with E-state index < -0.39 is 17.9 Å². The number of hydrogen-bond acceptors (Lipinski definition) is 6. The van der Waals surface area contributed by atoms with Gasteiger partial charge in [-0.05, 0) is 49.5 Å². The van der Waals surface area contributed by atoms with Gasteiger partial charge < -0.3 is 27.2 Å². The molecule has 178 valence electrons. The van der Waals surface area contributed by atoms with Gasteiger partial charge in [0.1, 0.15) is 17.4 Å². The standard InChI is InChI=1S/C23H32FN7O2/c24-20-11-17(7-10-28-20)31-21(26)19(22(27)33)13-30-23(14-25)8-5-16(6-9-23)29-12-15-1-3-18(32)4-2-15/h1-4,7,10,13,16-17,29-30,32H,5-6,8-9,11-12,14,25H2,(H2,26,31)(H2,27,33)/p+1/b19-13+. The SMILES string of the molecule is NCC1(N/C=C(/C(N)=O)C(N)=[NH+]C2C=CN=C(F)C2)CCC(NCc2ccc(O)cc2)CC1. The Hall–Kier alpha value is -3.24. The van der Waals surface area contributed by atoms with E-state index in [4.69, 9.17) is 17.2 Å². The fraction of sp³-hybridized carbons (Fsp3) is 0.435. The molecule has 3 rings (SSSR count). The van der Waals surface area contributed by atoms with E-state index in [0.29, 0.717) is 12.6 Å². The predicted molar refractivity (Wildman–Crippen MR) is 126 cm³/mol. The number of nitrogens with zero attached hydrogens (tertiary/aromatic N) is 1. The van der Waals surface area contributed by atoms with Crippen LogP contribution in [0.15, 0.2) is 53.3 Å². The molecule has 2 aliphatic rings. The van der Waals surface area contributed by atoms with Gasteiger partial charge >= 0.3 is 0 Å². The molecule has 0 spiro atoms. The fourth-order valence-corrected chi connectivity index (χ4v) is 4.07. The van der Waals surface area contributed by atoms with Crippen molar-refractivity contribution in [1.29, 1.82) is 0 Å². The first-order valence-electron chi connectivity index (χ1n) is 11.1. The van der Waals surface area contributed by atoms with Gasteiger partial charge in [0.25, 0.3) is 11.7 Å². The van der Waals surface area contributed by atoms with Crippen molar-refractivity contribution in [3.63, 3.8) is 0 Å². The maximum Gasteiger partial charge on any atom is 0.280 e. The number of aromatic hydroxyl groups is 1. The molecule has 1 aliphatic carbocycles. The number of rotatable bonds is 9. The molecule has 1 unspecified atom stereocenters. The third kappa shape index (κ3) is 6.87. The predicted octanol–water partition coefficient (Wildman–Crippen LogP) is -0.827. The van der Waals surface area contributed by atoms with Crippen molar-refractivity contribution in [3.8, 4) is 5.75 Å². The van der Waals surface area contributed by atoms with Gasteiger partial charge in [0.15, 0.2) is 5.97 Å². The number of carbonyl (C=O) groups excluding carboxylic acids is 1. The maximum absolute atomic E-state index is 13.4. The van der Waals surface area contributed by atoms with Gasteiger partial charge in [0.2, 0.25) is 0 Å². The van der Waals surface area contributed by atoms with E-state index in [1.165, 1.54) is 12.4 Å². The van der Waals surface area contributed by atoms with Gasteiger partial charge in [0, 0.05) is 37.1 Å². The highest BCUT2D eigenvalue weighted by atomic mass is 19.1. The molecular weight excluding hydrogens is 425 g/mol. The topological polar surface area (TPSA) is 166 Å². The number of amidine groups is 1. The van der Waals surface area contributed by atoms with Crippen molar-refractivity contribution in [2.24, 2.45) is 22.2 Å². The van der Waals surface area contributed by atoms with Crippen LogP contribution in [-0.2, 0) is 11.3 Å². The third-order valence-electron chi connectivity index (χ3n) is 6.21. The summed E-state index contributed by atoms with van der Waals surface area (Å²) >= 11 is 0. The molecule has 0 aromatic heterocycles. The van der Waals surface area contributed by atoms with Gasteiger partial charge in [-0.2, -0.15) is 4.39 Å². The number of primary amides is 1. The van der Waals surface area contributed by atoms with E-state index in [-0.39, 0.29) is 29.1 Å². The lowest BCUT2D eigenvalue weighted by atomic mass is 9.79. The van der Waals surface area contributed by atoms with Crippen molar-refractivity contribution in [1.82, 2.24) is 10.6 Å². The van der Waals surface area contributed by atoms with Crippen molar-refractivity contribution >= 4 is 17.7 Å². The number of aliphatic imine (C=N–C) groups is 1. The molecule has 0 radical (unpaired) electrons. The quantitative estimate of drug-likeness (QED) is 0.145. The molecule has 1 amide bonds. The fourth-order valence-electron chi connectivity index (χ4n) is 4.07. The summed E-state index contributed by atoms with van der Waals surface area (Å²) in [7, 11) is 0. The highest BCUT2D eigenvalue weighted by Crippen LogP contribution is 2.28. The van der Waals surface area contributed by atoms with Crippen LogP contribution in [-0.4, -0.2) is 47.0 Å². The Labute approximate surface area is 192 Å². The summed E-state index contributed by atoms with van der Waals surface area (Å²) in [5.41, 5.74) is 18.5. The zero-order chi connectivity index (χ0) is 23.8. The lowest BCUT2D eigenvalue weighted by Crippen LogP contribution is -2.82. The van der Waals surface area contributed by atoms with Crippen LogP contribution in [0.25, 0.3) is 0 Å². The van der Waals surface area contributed by atoms with Gasteiger partial charge in [-0.25, -0.2) is 4.99 Å². The minimum atomic E-state index is -0.696. The van der Waals surface area contributed by atoms with Crippen LogP contribution in [0.4, 0.5) is 4.39 Å². The number of amides is 1. The van der Waals surface area contributed by atoms with Gasteiger partial charge in [-0.15, -0.1) is 0 Å². The van der Waals surface area contributed by atoms with E-state index in [0.717, 1.165) is 37.8 Å². The molecule has 1 aromatic carbocycles. The summed E-state index contributed by atoms with van der Waals surface area (Å²) in [6, 6.07) is 7.07. The molecule has 1 aromatic rings. The Balaban J connectivity index is 1.59. The molecule has 9 nitrogen and oxygen atoms in total. The second kappa shape index (κ2) is 11.1. The number of halogens is 1. The molecule has 0 saturated heterocycles. The average Bonchev–Trinajstić information content (AvgIpc) is 2.79. The van der Waals surface area contributed by atoms with Crippen LogP contribution in [0.3, 0.4) is 0 Å². The third-order valence-corrected chi connectivity index (χ3v) is 6.21. The number of phenolic OH excluding ortho intramolecular Hbond substituents is 1. The lowest BCUT2D eigenvalue weighted by Gasteiger charge is -2.40. The Bertz CT molecular complexity index is 948. The Kier molecular flexibility index (Phi) is 8.18. The molecule has 1 atom stereocenters. The van der Waals surface area contributed by atoms with Crippen molar-refractivity contribution in [2.45, 2.75) is 56.3 Å². The average molecular weight is 459 g/mol. The maximum atomic E-state index is 13.4. The van der Waals surface area contributed by atoms with Crippen LogP contribution < -0.4 is 32.8 Å². The molecule has 10 N–H and O–H groups in total. The number of nitrogens with two attached hydrogens (primary N) is 3. The van der Waals surface area contributed by atoms with Crippen molar-refractivity contribution in [3.05, 3.63) is 53.9 Å². The van der Waals surface area contributed by atoms with Crippen LogP contribution in [0.2, 0.25) is 0 Å². The van der Waals surface area contributed by atoms with E-state index in [1.54, 1.807) is 18.2 Å². The molecule has 0 bridgehead atoms. The monoisotopic (exact) mass is 458 g/mol. The molecular formula is C23H33FN7O2+. The lowest BCUT2D eigenvalue weighted by molar-refractivity contribution is -0.487. The van der Waals surface area contributed by atoms with E-state index in [9.17, 15) is 14.3 Å². The van der Waals surface area contributed by atoms with Crippen molar-refractivity contribution in [2.75, 3.05) is 6.54 Å². The van der Waals surface area contributed by atoms with Crippen LogP contribution in [0.5, 0.6) is 5.75 Å². The summed E-state index contributed by atoms with van der Waals surface area (Å²) in [4.78, 5) is 18.5. The number of nitrogens with one attached hydrogen (secondary N) is 3. The van der Waals surface area contributed by atoms with E-state index >= 15 is 0 Å². The smallest absolute Gasteiger partial charge is 0.280 e. The summed E-state index contributed by atoms with van der Waals surface area (Å²) in [5, 5.41) is 16.2. The minimum Gasteiger partial charge on any atom is -0.508 e. The zero-order valence-electron chi connectivity index (χ0n) is 18.6. The van der Waals surface area contributed by atoms with Crippen molar-refractivity contribution < 1.29 is 19.3 Å². The summed E-state index contributed by atoms with van der Waals surface area (Å²) < 4.78 is 13.4. The minimum absolute atomic E-state index is 0.0436. The zero-order valence-corrected chi connectivity index (χ0v) is 18.6. The second-order valence-corrected chi connectivity index (χ2v) is 8.59. The number of carbonyl (C=O) groups is 1. The summed E-state index contributed by atoms with van der Waals surface area (Å²) in [6.07, 6.45) is 8.00. The first-order chi connectivity index (χ1) is 15.8. The van der Waals surface area contributed by atoms with Gasteiger partial charge in [-0.1, -0.05) is 12.1 Å². The van der Waals surface area contributed by atoms with E-state index in [1.807, 2.05) is 12.1 Å². The first kappa shape index (κ1) is 24.4. The number of phenols is 1. The number of hydrogen-bond donors (Lipinski definition) is 7. The Morgan fingerprint density at radius 1 is 1.27 bits per heavy atom. The van der Waals surface area contributed by atoms with Gasteiger partial charge in [0.05, 0.1) is 6.42 Å². The molecule has 1 aliphatic heterocycles. The Morgan fingerprint density at radius 2 is 1.97 bits per heavy atom. The second-order valence-electron chi connectivity index (χ2n) is 8.59. The molecule has 33 heavy (non-hydrogen) atoms. The highest BCUT2D eigenvalue weighted by molar-refractivity contribution is 6.17. The molecule has 1 fully saturated rings.